The standard InChI is InChI=1S/C18H18N4O3/c1-3-25-14-7-5-13(6-8-14)20-21-18-15(10-17(23)24)19-16-9-4-12(2)11-22(16)18/h4-9,11H,3,10H2,1-2H3,(H,23,24). The molecule has 0 bridgehead atoms. The maximum atomic E-state index is 11.1. The number of rotatable bonds is 6. The van der Waals surface area contributed by atoms with E-state index in [0.29, 0.717) is 29.5 Å². The number of ether oxygens (including phenoxy) is 1. The molecule has 1 aromatic carbocycles. The minimum atomic E-state index is -0.961. The summed E-state index contributed by atoms with van der Waals surface area (Å²) in [5.41, 5.74) is 2.69. The number of carboxylic acids is 1. The molecule has 0 radical (unpaired) electrons. The molecule has 3 aromatic rings. The SMILES string of the molecule is CCOc1ccc(N=Nc2c(CC(=O)O)nc3ccc(C)cn23)cc1. The molecule has 0 saturated carbocycles. The van der Waals surface area contributed by atoms with Crippen molar-refractivity contribution >= 4 is 23.1 Å². The molecule has 0 aliphatic rings. The number of nitrogens with zero attached hydrogens (tertiary/aromatic N) is 4. The maximum absolute atomic E-state index is 11.1. The van der Waals surface area contributed by atoms with Crippen LogP contribution in [0.2, 0.25) is 0 Å². The van der Waals surface area contributed by atoms with E-state index >= 15 is 0 Å². The second kappa shape index (κ2) is 7.12. The van der Waals surface area contributed by atoms with Gasteiger partial charge in [0.15, 0.2) is 5.82 Å². The number of aryl methyl sites for hydroxylation is 1. The van der Waals surface area contributed by atoms with Gasteiger partial charge in [-0.1, -0.05) is 6.07 Å². The van der Waals surface area contributed by atoms with Gasteiger partial charge in [-0.3, -0.25) is 9.20 Å². The summed E-state index contributed by atoms with van der Waals surface area (Å²) < 4.78 is 7.15. The fourth-order valence-electron chi connectivity index (χ4n) is 2.44. The lowest BCUT2D eigenvalue weighted by Crippen LogP contribution is -2.00. The molecule has 0 atom stereocenters. The molecule has 2 aromatic heterocycles. The molecule has 0 spiro atoms. The van der Waals surface area contributed by atoms with Crippen molar-refractivity contribution in [3.8, 4) is 5.75 Å². The van der Waals surface area contributed by atoms with Crippen LogP contribution in [0.25, 0.3) is 5.65 Å². The zero-order chi connectivity index (χ0) is 17.8. The number of azo groups is 1. The number of hydrogen-bond acceptors (Lipinski definition) is 5. The van der Waals surface area contributed by atoms with Crippen LogP contribution in [-0.4, -0.2) is 27.1 Å². The van der Waals surface area contributed by atoms with Gasteiger partial charge in [0.1, 0.15) is 11.4 Å². The molecule has 0 unspecified atom stereocenters. The number of benzene rings is 1. The van der Waals surface area contributed by atoms with Gasteiger partial charge in [0.05, 0.1) is 24.4 Å². The summed E-state index contributed by atoms with van der Waals surface area (Å²) in [6.45, 7) is 4.47. The third kappa shape index (κ3) is 3.82. The van der Waals surface area contributed by atoms with Crippen LogP contribution in [-0.2, 0) is 11.2 Å². The Morgan fingerprint density at radius 1 is 1.20 bits per heavy atom. The highest BCUT2D eigenvalue weighted by Gasteiger charge is 2.15. The van der Waals surface area contributed by atoms with Crippen molar-refractivity contribution in [2.45, 2.75) is 20.3 Å². The summed E-state index contributed by atoms with van der Waals surface area (Å²) in [5, 5.41) is 17.6. The van der Waals surface area contributed by atoms with Crippen molar-refractivity contribution in [3.63, 3.8) is 0 Å². The number of fused-ring (bicyclic) bond motifs is 1. The first-order chi connectivity index (χ1) is 12.1. The summed E-state index contributed by atoms with van der Waals surface area (Å²) >= 11 is 0. The lowest BCUT2D eigenvalue weighted by molar-refractivity contribution is -0.136. The van der Waals surface area contributed by atoms with Crippen molar-refractivity contribution in [3.05, 3.63) is 53.9 Å². The maximum Gasteiger partial charge on any atom is 0.309 e. The highest BCUT2D eigenvalue weighted by atomic mass is 16.5. The number of pyridine rings is 1. The van der Waals surface area contributed by atoms with E-state index in [2.05, 4.69) is 15.2 Å². The lowest BCUT2D eigenvalue weighted by atomic mass is 10.3. The molecule has 25 heavy (non-hydrogen) atoms. The third-order valence-corrected chi connectivity index (χ3v) is 3.54. The van der Waals surface area contributed by atoms with Crippen molar-refractivity contribution in [2.24, 2.45) is 10.2 Å². The Kier molecular flexibility index (Phi) is 4.74. The molecular weight excluding hydrogens is 320 g/mol. The van der Waals surface area contributed by atoms with Crippen LogP contribution in [0.5, 0.6) is 5.75 Å². The molecule has 3 rings (SSSR count). The Balaban J connectivity index is 1.98. The molecular formula is C18H18N4O3. The van der Waals surface area contributed by atoms with E-state index in [1.165, 1.54) is 0 Å². The van der Waals surface area contributed by atoms with Crippen LogP contribution in [0.15, 0.2) is 52.8 Å². The van der Waals surface area contributed by atoms with Gasteiger partial charge in [-0.2, -0.15) is 0 Å². The molecule has 0 saturated heterocycles. The fourth-order valence-corrected chi connectivity index (χ4v) is 2.44. The molecule has 0 aliphatic heterocycles. The zero-order valence-corrected chi connectivity index (χ0v) is 14.0. The van der Waals surface area contributed by atoms with Gasteiger partial charge < -0.3 is 9.84 Å². The van der Waals surface area contributed by atoms with Crippen LogP contribution < -0.4 is 4.74 Å². The summed E-state index contributed by atoms with van der Waals surface area (Å²) in [5.74, 6) is 0.228. The first-order valence-electron chi connectivity index (χ1n) is 7.91. The molecule has 7 nitrogen and oxygen atoms in total. The molecule has 0 amide bonds. The highest BCUT2D eigenvalue weighted by molar-refractivity contribution is 5.72. The van der Waals surface area contributed by atoms with Gasteiger partial charge in [0.2, 0.25) is 0 Å². The summed E-state index contributed by atoms with van der Waals surface area (Å²) in [4.78, 5) is 15.5. The van der Waals surface area contributed by atoms with Gasteiger partial charge in [-0.25, -0.2) is 4.98 Å². The van der Waals surface area contributed by atoms with Crippen molar-refractivity contribution < 1.29 is 14.6 Å². The highest BCUT2D eigenvalue weighted by Crippen LogP contribution is 2.26. The Morgan fingerprint density at radius 2 is 1.96 bits per heavy atom. The summed E-state index contributed by atoms with van der Waals surface area (Å²) in [6.07, 6.45) is 1.65. The fraction of sp³-hybridized carbons (Fsp3) is 0.222. The molecule has 7 heteroatoms. The van der Waals surface area contributed by atoms with Crippen LogP contribution in [0.4, 0.5) is 11.5 Å². The largest absolute Gasteiger partial charge is 0.494 e. The Bertz CT molecular complexity index is 929. The molecule has 0 fully saturated rings. The normalized spacial score (nSPS) is 11.3. The molecule has 2 heterocycles. The number of imidazole rings is 1. The number of hydrogen-bond donors (Lipinski definition) is 1. The Morgan fingerprint density at radius 3 is 2.64 bits per heavy atom. The van der Waals surface area contributed by atoms with Crippen LogP contribution in [0, 0.1) is 6.92 Å². The van der Waals surface area contributed by atoms with E-state index in [9.17, 15) is 4.79 Å². The second-order valence-electron chi connectivity index (χ2n) is 5.51. The van der Waals surface area contributed by atoms with Crippen molar-refractivity contribution in [2.75, 3.05) is 6.61 Å². The number of aliphatic carboxylic acids is 1. The van der Waals surface area contributed by atoms with Crippen molar-refractivity contribution in [1.82, 2.24) is 9.38 Å². The Hall–Kier alpha value is -3.22. The minimum absolute atomic E-state index is 0.210. The third-order valence-electron chi connectivity index (χ3n) is 3.54. The quantitative estimate of drug-likeness (QED) is 0.686. The van der Waals surface area contributed by atoms with E-state index in [0.717, 1.165) is 11.3 Å². The predicted molar refractivity (Wildman–Crippen MR) is 93.1 cm³/mol. The molecule has 0 aliphatic carbocycles. The van der Waals surface area contributed by atoms with E-state index in [1.807, 2.05) is 44.3 Å². The van der Waals surface area contributed by atoms with E-state index < -0.39 is 5.97 Å². The van der Waals surface area contributed by atoms with Gasteiger partial charge in [-0.15, -0.1) is 10.2 Å². The molecule has 1 N–H and O–H groups in total. The summed E-state index contributed by atoms with van der Waals surface area (Å²) in [7, 11) is 0. The monoisotopic (exact) mass is 338 g/mol. The first kappa shape index (κ1) is 16.6. The van der Waals surface area contributed by atoms with Gasteiger partial charge >= 0.3 is 5.97 Å². The van der Waals surface area contributed by atoms with E-state index in [4.69, 9.17) is 9.84 Å². The van der Waals surface area contributed by atoms with Gasteiger partial charge in [0, 0.05) is 6.20 Å². The topological polar surface area (TPSA) is 88.5 Å². The second-order valence-corrected chi connectivity index (χ2v) is 5.51. The number of carbonyl (C=O) groups is 1. The van der Waals surface area contributed by atoms with Crippen LogP contribution >= 0.6 is 0 Å². The Labute approximate surface area is 144 Å². The first-order valence-corrected chi connectivity index (χ1v) is 7.91. The minimum Gasteiger partial charge on any atom is -0.494 e. The smallest absolute Gasteiger partial charge is 0.309 e. The average molecular weight is 338 g/mol. The lowest BCUT2D eigenvalue weighted by Gasteiger charge is -2.02. The van der Waals surface area contributed by atoms with Crippen molar-refractivity contribution in [1.29, 1.82) is 0 Å². The van der Waals surface area contributed by atoms with Crippen LogP contribution in [0.3, 0.4) is 0 Å². The van der Waals surface area contributed by atoms with Crippen LogP contribution in [0.1, 0.15) is 18.2 Å². The predicted octanol–water partition coefficient (Wildman–Crippen LogP) is 4.08. The molecule has 128 valence electrons. The zero-order valence-electron chi connectivity index (χ0n) is 14.0. The number of aromatic nitrogens is 2. The van der Waals surface area contributed by atoms with Gasteiger partial charge in [0.25, 0.3) is 0 Å². The van der Waals surface area contributed by atoms with E-state index in [-0.39, 0.29) is 6.42 Å². The average Bonchev–Trinajstić information content (AvgIpc) is 2.90. The van der Waals surface area contributed by atoms with Gasteiger partial charge in [-0.05, 0) is 49.7 Å². The summed E-state index contributed by atoms with van der Waals surface area (Å²) in [6, 6.07) is 11.0. The van der Waals surface area contributed by atoms with E-state index in [1.54, 1.807) is 16.5 Å². The number of carboxylic acid groups (broad SMARTS) is 1.